The van der Waals surface area contributed by atoms with Crippen LogP contribution in [0.5, 0.6) is 0 Å². The van der Waals surface area contributed by atoms with Crippen LogP contribution in [0, 0.1) is 0 Å². The summed E-state index contributed by atoms with van der Waals surface area (Å²) in [6.45, 7) is 10.9. The average Bonchev–Trinajstić information content (AvgIpc) is 3.12. The first-order valence-electron chi connectivity index (χ1n) is 11.6. The fourth-order valence-electron chi connectivity index (χ4n) is 5.19. The molecular formula is C26H35BrO5Si. The highest BCUT2D eigenvalue weighted by Gasteiger charge is 2.56. The number of hydrogen-bond acceptors (Lipinski definition) is 5. The molecule has 2 aliphatic rings. The maximum Gasteiger partial charge on any atom is 0.261 e. The Kier molecular flexibility index (Phi) is 7.23. The summed E-state index contributed by atoms with van der Waals surface area (Å²) in [6, 6.07) is 21.1. The maximum absolute atomic E-state index is 10.8. The van der Waals surface area contributed by atoms with Crippen LogP contribution < -0.4 is 10.4 Å². The van der Waals surface area contributed by atoms with Crippen molar-refractivity contribution in [2.75, 3.05) is 11.9 Å². The molecule has 5 atom stereocenters. The quantitative estimate of drug-likeness (QED) is 0.453. The van der Waals surface area contributed by atoms with Gasteiger partial charge in [-0.2, -0.15) is 0 Å². The highest BCUT2D eigenvalue weighted by atomic mass is 79.9. The molecule has 0 radical (unpaired) electrons. The van der Waals surface area contributed by atoms with Crippen LogP contribution >= 0.6 is 15.9 Å². The highest BCUT2D eigenvalue weighted by molar-refractivity contribution is 9.09. The number of hydrogen-bond donors (Lipinski definition) is 1. The number of aliphatic hydroxyl groups excluding tert-OH is 1. The van der Waals surface area contributed by atoms with Gasteiger partial charge in [0.2, 0.25) is 0 Å². The molecule has 2 aromatic carbocycles. The minimum Gasteiger partial charge on any atom is -0.405 e. The summed E-state index contributed by atoms with van der Waals surface area (Å²) >= 11 is 3.49. The molecule has 0 spiro atoms. The number of rotatable bonds is 6. The number of fused-ring (bicyclic) bond motifs is 1. The number of halogens is 1. The largest absolute Gasteiger partial charge is 0.405 e. The summed E-state index contributed by atoms with van der Waals surface area (Å²) in [5, 5.41) is 13.6. The monoisotopic (exact) mass is 534 g/mol. The van der Waals surface area contributed by atoms with E-state index in [0.717, 1.165) is 0 Å². The zero-order valence-corrected chi connectivity index (χ0v) is 22.6. The molecule has 2 heterocycles. The molecule has 0 bridgehead atoms. The van der Waals surface area contributed by atoms with Crippen molar-refractivity contribution < 1.29 is 23.7 Å². The summed E-state index contributed by atoms with van der Waals surface area (Å²) in [5.74, 6) is -0.781. The van der Waals surface area contributed by atoms with E-state index in [2.05, 4.69) is 85.2 Å². The van der Waals surface area contributed by atoms with Crippen LogP contribution in [0.2, 0.25) is 5.04 Å². The molecule has 2 fully saturated rings. The van der Waals surface area contributed by atoms with Gasteiger partial charge in [0.15, 0.2) is 5.79 Å². The van der Waals surface area contributed by atoms with Gasteiger partial charge in [0.25, 0.3) is 8.32 Å². The summed E-state index contributed by atoms with van der Waals surface area (Å²) < 4.78 is 25.7. The molecule has 0 aliphatic carbocycles. The zero-order valence-electron chi connectivity index (χ0n) is 20.0. The maximum atomic E-state index is 10.8. The van der Waals surface area contributed by atoms with Crippen LogP contribution in [-0.2, 0) is 18.6 Å². The van der Waals surface area contributed by atoms with E-state index in [1.54, 1.807) is 0 Å². The molecule has 2 aromatic rings. The Morgan fingerprint density at radius 1 is 0.909 bits per heavy atom. The van der Waals surface area contributed by atoms with E-state index in [-0.39, 0.29) is 11.1 Å². The smallest absolute Gasteiger partial charge is 0.261 e. The van der Waals surface area contributed by atoms with Gasteiger partial charge in [-0.15, -0.1) is 0 Å². The van der Waals surface area contributed by atoms with Crippen LogP contribution in [0.15, 0.2) is 60.7 Å². The first-order chi connectivity index (χ1) is 15.6. The number of aliphatic hydroxyl groups is 1. The van der Waals surface area contributed by atoms with E-state index >= 15 is 0 Å². The second-order valence-corrected chi connectivity index (χ2v) is 15.4. The van der Waals surface area contributed by atoms with E-state index in [9.17, 15) is 5.11 Å². The van der Waals surface area contributed by atoms with E-state index in [1.807, 2.05) is 26.0 Å². The standard InChI is InChI=1S/C26H35BrO5Si/c1-25(2,3)33(18-12-8-6-9-13-18,19-14-10-7-11-15-19)29-17-21-23-24(32-26(4,5)31-23)22(28)20(16-27)30-21/h6-15,20-24,28H,16-17H2,1-5H3/t20-,21-,22+,23+,24-/m1/s1. The molecule has 1 N–H and O–H groups in total. The third kappa shape index (κ3) is 4.74. The summed E-state index contributed by atoms with van der Waals surface area (Å²) in [6.07, 6.45) is -2.37. The molecule has 180 valence electrons. The Bertz CT molecular complexity index is 878. The van der Waals surface area contributed by atoms with Crippen LogP contribution in [0.3, 0.4) is 0 Å². The molecule has 0 unspecified atom stereocenters. The van der Waals surface area contributed by atoms with Crippen LogP contribution in [-0.4, -0.2) is 61.7 Å². The van der Waals surface area contributed by atoms with Crippen molar-refractivity contribution in [2.24, 2.45) is 0 Å². The Labute approximate surface area is 206 Å². The second kappa shape index (κ2) is 9.53. The first-order valence-corrected chi connectivity index (χ1v) is 14.6. The van der Waals surface area contributed by atoms with Gasteiger partial charge in [0.1, 0.15) is 24.4 Å². The van der Waals surface area contributed by atoms with Crippen molar-refractivity contribution >= 4 is 34.6 Å². The SMILES string of the molecule is CC1(C)O[C@@H]2[C@@H](O)[C@@H](CBr)O[C@H](CO[Si](c3ccccc3)(c3ccccc3)C(C)(C)C)[C@@H]2O1. The first kappa shape index (κ1) is 25.0. The van der Waals surface area contributed by atoms with Crippen molar-refractivity contribution in [3.63, 3.8) is 0 Å². The molecule has 0 aromatic heterocycles. The Hall–Kier alpha value is -1.06. The van der Waals surface area contributed by atoms with Gasteiger partial charge in [0, 0.05) is 5.33 Å². The molecular weight excluding hydrogens is 500 g/mol. The van der Waals surface area contributed by atoms with Crippen LogP contribution in [0.4, 0.5) is 0 Å². The lowest BCUT2D eigenvalue weighted by Gasteiger charge is -2.45. The van der Waals surface area contributed by atoms with Gasteiger partial charge in [-0.05, 0) is 29.3 Å². The van der Waals surface area contributed by atoms with Gasteiger partial charge >= 0.3 is 0 Å². The number of benzene rings is 2. The molecule has 4 rings (SSSR count). The Morgan fingerprint density at radius 3 is 1.91 bits per heavy atom. The van der Waals surface area contributed by atoms with Crippen molar-refractivity contribution in [3.8, 4) is 0 Å². The predicted molar refractivity (Wildman–Crippen MR) is 136 cm³/mol. The summed E-state index contributed by atoms with van der Waals surface area (Å²) in [7, 11) is -2.71. The fourth-order valence-corrected chi connectivity index (χ4v) is 10.3. The predicted octanol–water partition coefficient (Wildman–Crippen LogP) is 3.61. The van der Waals surface area contributed by atoms with Gasteiger partial charge in [-0.3, -0.25) is 0 Å². The number of ether oxygens (including phenoxy) is 3. The third-order valence-corrected chi connectivity index (χ3v) is 12.3. The van der Waals surface area contributed by atoms with E-state index < -0.39 is 38.5 Å². The molecule has 5 nitrogen and oxygen atoms in total. The van der Waals surface area contributed by atoms with E-state index in [4.69, 9.17) is 18.6 Å². The zero-order chi connectivity index (χ0) is 23.9. The van der Waals surface area contributed by atoms with Gasteiger partial charge in [-0.25, -0.2) is 0 Å². The van der Waals surface area contributed by atoms with Gasteiger partial charge in [0.05, 0.1) is 12.7 Å². The molecule has 7 heteroatoms. The van der Waals surface area contributed by atoms with Gasteiger partial charge < -0.3 is 23.7 Å². The summed E-state index contributed by atoms with van der Waals surface area (Å²) in [5.41, 5.74) is 0. The Balaban J connectivity index is 1.71. The molecule has 0 amide bonds. The highest BCUT2D eigenvalue weighted by Crippen LogP contribution is 2.40. The second-order valence-electron chi connectivity index (χ2n) is 10.4. The van der Waals surface area contributed by atoms with Crippen molar-refractivity contribution in [2.45, 2.75) is 76.0 Å². The van der Waals surface area contributed by atoms with E-state index in [1.165, 1.54) is 10.4 Å². The average molecular weight is 536 g/mol. The lowest BCUT2D eigenvalue weighted by Crippen LogP contribution is -2.68. The summed E-state index contributed by atoms with van der Waals surface area (Å²) in [4.78, 5) is 0. The lowest BCUT2D eigenvalue weighted by molar-refractivity contribution is -0.186. The molecule has 0 saturated carbocycles. The van der Waals surface area contributed by atoms with Crippen LogP contribution in [0.1, 0.15) is 34.6 Å². The van der Waals surface area contributed by atoms with Crippen molar-refractivity contribution in [1.82, 2.24) is 0 Å². The van der Waals surface area contributed by atoms with Crippen LogP contribution in [0.25, 0.3) is 0 Å². The third-order valence-electron chi connectivity index (χ3n) is 6.63. The Morgan fingerprint density at radius 2 is 1.42 bits per heavy atom. The molecule has 2 aliphatic heterocycles. The molecule has 2 saturated heterocycles. The fraction of sp³-hybridized carbons (Fsp3) is 0.538. The van der Waals surface area contributed by atoms with Crippen molar-refractivity contribution in [3.05, 3.63) is 60.7 Å². The molecule has 33 heavy (non-hydrogen) atoms. The minimum atomic E-state index is -2.71. The number of alkyl halides is 1. The van der Waals surface area contributed by atoms with Crippen molar-refractivity contribution in [1.29, 1.82) is 0 Å². The van der Waals surface area contributed by atoms with E-state index in [0.29, 0.717) is 11.9 Å². The van der Waals surface area contributed by atoms with Gasteiger partial charge in [-0.1, -0.05) is 97.4 Å². The topological polar surface area (TPSA) is 57.2 Å². The normalized spacial score (nSPS) is 29.6. The minimum absolute atomic E-state index is 0.135. The lowest BCUT2D eigenvalue weighted by atomic mass is 9.96.